The summed E-state index contributed by atoms with van der Waals surface area (Å²) in [5.74, 6) is -0.339. The SMILES string of the molecule is O=NCC(=O)Nc1cccc2c1CCCC2. The van der Waals surface area contributed by atoms with Gasteiger partial charge in [-0.1, -0.05) is 17.3 Å². The number of nitrogens with one attached hydrogen (secondary N) is 1. The van der Waals surface area contributed by atoms with Crippen LogP contribution in [0.3, 0.4) is 0 Å². The highest BCUT2D eigenvalue weighted by atomic mass is 16.3. The molecule has 0 saturated carbocycles. The van der Waals surface area contributed by atoms with E-state index in [9.17, 15) is 9.70 Å². The predicted octanol–water partition coefficient (Wildman–Crippen LogP) is 2.27. The molecule has 1 aromatic rings. The standard InChI is InChI=1S/C12H14N2O2/c15-12(8-13-16)14-11-7-3-5-9-4-1-2-6-10(9)11/h3,5,7H,1-2,4,6,8H2,(H,14,15). The van der Waals surface area contributed by atoms with E-state index in [-0.39, 0.29) is 12.5 Å². The fourth-order valence-electron chi connectivity index (χ4n) is 2.15. The molecule has 0 aliphatic heterocycles. The molecule has 0 aromatic heterocycles. The van der Waals surface area contributed by atoms with Crippen LogP contribution in [0.2, 0.25) is 0 Å². The second kappa shape index (κ2) is 4.88. The van der Waals surface area contributed by atoms with Gasteiger partial charge in [-0.15, -0.1) is 0 Å². The van der Waals surface area contributed by atoms with Crippen molar-refractivity contribution in [1.82, 2.24) is 0 Å². The Labute approximate surface area is 94.0 Å². The maximum atomic E-state index is 11.3. The highest BCUT2D eigenvalue weighted by molar-refractivity contribution is 5.93. The third kappa shape index (κ3) is 2.27. The van der Waals surface area contributed by atoms with Crippen molar-refractivity contribution >= 4 is 11.6 Å². The van der Waals surface area contributed by atoms with Crippen molar-refractivity contribution in [3.05, 3.63) is 34.2 Å². The van der Waals surface area contributed by atoms with Crippen LogP contribution in [0.5, 0.6) is 0 Å². The van der Waals surface area contributed by atoms with Gasteiger partial charge in [0.25, 0.3) is 0 Å². The number of anilines is 1. The first-order valence-electron chi connectivity index (χ1n) is 5.51. The molecule has 1 aliphatic rings. The summed E-state index contributed by atoms with van der Waals surface area (Å²) < 4.78 is 0. The summed E-state index contributed by atoms with van der Waals surface area (Å²) in [5.41, 5.74) is 3.36. The minimum absolute atomic E-state index is 0.316. The van der Waals surface area contributed by atoms with Gasteiger partial charge in [0, 0.05) is 5.69 Å². The zero-order chi connectivity index (χ0) is 11.4. The monoisotopic (exact) mass is 218 g/mol. The van der Waals surface area contributed by atoms with E-state index in [0.29, 0.717) is 0 Å². The minimum Gasteiger partial charge on any atom is -0.324 e. The maximum Gasteiger partial charge on any atom is 0.249 e. The van der Waals surface area contributed by atoms with Crippen LogP contribution < -0.4 is 5.32 Å². The molecule has 1 N–H and O–H groups in total. The van der Waals surface area contributed by atoms with Gasteiger partial charge in [-0.05, 0) is 42.9 Å². The average molecular weight is 218 g/mol. The molecule has 1 amide bonds. The van der Waals surface area contributed by atoms with Crippen LogP contribution in [0.15, 0.2) is 23.4 Å². The molecule has 2 rings (SSSR count). The third-order valence-electron chi connectivity index (χ3n) is 2.88. The average Bonchev–Trinajstić information content (AvgIpc) is 2.30. The molecule has 0 unspecified atom stereocenters. The summed E-state index contributed by atoms with van der Waals surface area (Å²) >= 11 is 0. The van der Waals surface area contributed by atoms with E-state index < -0.39 is 0 Å². The fraction of sp³-hybridized carbons (Fsp3) is 0.417. The first-order valence-corrected chi connectivity index (χ1v) is 5.51. The lowest BCUT2D eigenvalue weighted by Crippen LogP contribution is -2.17. The summed E-state index contributed by atoms with van der Waals surface area (Å²) in [5, 5.41) is 5.32. The van der Waals surface area contributed by atoms with Crippen LogP contribution in [0.1, 0.15) is 24.0 Å². The van der Waals surface area contributed by atoms with Crippen molar-refractivity contribution in [2.45, 2.75) is 25.7 Å². The number of carbonyl (C=O) groups excluding carboxylic acids is 1. The van der Waals surface area contributed by atoms with Gasteiger partial charge in [-0.25, -0.2) is 0 Å². The fourth-order valence-corrected chi connectivity index (χ4v) is 2.15. The Balaban J connectivity index is 2.20. The van der Waals surface area contributed by atoms with Crippen molar-refractivity contribution in [3.8, 4) is 0 Å². The van der Waals surface area contributed by atoms with Gasteiger partial charge in [0.2, 0.25) is 5.91 Å². The van der Waals surface area contributed by atoms with Gasteiger partial charge in [0.1, 0.15) is 0 Å². The lowest BCUT2D eigenvalue weighted by molar-refractivity contribution is -0.114. The Bertz CT molecular complexity index is 415. The molecule has 4 heteroatoms. The highest BCUT2D eigenvalue weighted by Gasteiger charge is 2.14. The van der Waals surface area contributed by atoms with E-state index in [4.69, 9.17) is 0 Å². The lowest BCUT2D eigenvalue weighted by Gasteiger charge is -2.19. The number of benzene rings is 1. The van der Waals surface area contributed by atoms with Crippen LogP contribution in [-0.2, 0) is 17.6 Å². The number of aryl methyl sites for hydroxylation is 1. The molecule has 1 aromatic carbocycles. The Morgan fingerprint density at radius 3 is 2.94 bits per heavy atom. The predicted molar refractivity (Wildman–Crippen MR) is 62.4 cm³/mol. The van der Waals surface area contributed by atoms with Gasteiger partial charge in [-0.3, -0.25) is 4.79 Å². The maximum absolute atomic E-state index is 11.3. The van der Waals surface area contributed by atoms with Crippen LogP contribution in [0, 0.1) is 4.91 Å². The number of nitroso groups, excluding NO2 is 1. The highest BCUT2D eigenvalue weighted by Crippen LogP contribution is 2.27. The number of amides is 1. The molecule has 0 atom stereocenters. The van der Waals surface area contributed by atoms with Crippen molar-refractivity contribution in [1.29, 1.82) is 0 Å². The Kier molecular flexibility index (Phi) is 3.29. The summed E-state index contributed by atoms with van der Waals surface area (Å²) in [6, 6.07) is 5.92. The Morgan fingerprint density at radius 1 is 1.31 bits per heavy atom. The van der Waals surface area contributed by atoms with E-state index >= 15 is 0 Å². The summed E-state index contributed by atoms with van der Waals surface area (Å²) in [6.07, 6.45) is 4.44. The van der Waals surface area contributed by atoms with Gasteiger partial charge in [-0.2, -0.15) is 4.91 Å². The molecule has 16 heavy (non-hydrogen) atoms. The molecule has 0 spiro atoms. The van der Waals surface area contributed by atoms with E-state index in [1.165, 1.54) is 17.5 Å². The Hall–Kier alpha value is -1.71. The van der Waals surface area contributed by atoms with Crippen LogP contribution in [-0.4, -0.2) is 12.5 Å². The van der Waals surface area contributed by atoms with Gasteiger partial charge in [0.05, 0.1) is 0 Å². The zero-order valence-corrected chi connectivity index (χ0v) is 9.03. The molecule has 0 heterocycles. The summed E-state index contributed by atoms with van der Waals surface area (Å²) in [6.45, 7) is -0.316. The summed E-state index contributed by atoms with van der Waals surface area (Å²) in [7, 11) is 0. The van der Waals surface area contributed by atoms with E-state index in [1.54, 1.807) is 0 Å². The van der Waals surface area contributed by atoms with Gasteiger partial charge < -0.3 is 5.32 Å². The van der Waals surface area contributed by atoms with Crippen molar-refractivity contribution in [2.75, 3.05) is 11.9 Å². The van der Waals surface area contributed by atoms with Gasteiger partial charge in [0.15, 0.2) is 6.54 Å². The number of nitrogens with zero attached hydrogens (tertiary/aromatic N) is 1. The van der Waals surface area contributed by atoms with E-state index in [2.05, 4.69) is 16.6 Å². The smallest absolute Gasteiger partial charge is 0.249 e. The second-order valence-electron chi connectivity index (χ2n) is 3.99. The summed E-state index contributed by atoms with van der Waals surface area (Å²) in [4.78, 5) is 21.3. The first kappa shape index (κ1) is 10.8. The van der Waals surface area contributed by atoms with E-state index in [0.717, 1.165) is 24.9 Å². The number of hydrogen-bond donors (Lipinski definition) is 1. The van der Waals surface area contributed by atoms with Crippen LogP contribution >= 0.6 is 0 Å². The second-order valence-corrected chi connectivity index (χ2v) is 3.99. The molecule has 1 aliphatic carbocycles. The number of hydrogen-bond acceptors (Lipinski definition) is 3. The molecular formula is C12H14N2O2. The Morgan fingerprint density at radius 2 is 2.12 bits per heavy atom. The van der Waals surface area contributed by atoms with Crippen molar-refractivity contribution in [2.24, 2.45) is 5.18 Å². The van der Waals surface area contributed by atoms with Crippen LogP contribution in [0.25, 0.3) is 0 Å². The van der Waals surface area contributed by atoms with E-state index in [1.807, 2.05) is 12.1 Å². The molecule has 4 nitrogen and oxygen atoms in total. The molecular weight excluding hydrogens is 204 g/mol. The minimum atomic E-state index is -0.339. The van der Waals surface area contributed by atoms with Gasteiger partial charge >= 0.3 is 0 Å². The van der Waals surface area contributed by atoms with Crippen molar-refractivity contribution in [3.63, 3.8) is 0 Å². The normalized spacial score (nSPS) is 14.0. The van der Waals surface area contributed by atoms with Crippen molar-refractivity contribution < 1.29 is 4.79 Å². The number of rotatable bonds is 3. The largest absolute Gasteiger partial charge is 0.324 e. The lowest BCUT2D eigenvalue weighted by atomic mass is 9.90. The molecule has 84 valence electrons. The number of carbonyl (C=O) groups is 1. The molecule has 0 radical (unpaired) electrons. The van der Waals surface area contributed by atoms with Crippen LogP contribution in [0.4, 0.5) is 5.69 Å². The number of fused-ring (bicyclic) bond motifs is 1. The molecule has 0 bridgehead atoms. The third-order valence-corrected chi connectivity index (χ3v) is 2.88. The molecule has 0 saturated heterocycles. The topological polar surface area (TPSA) is 58.5 Å². The first-order chi connectivity index (χ1) is 7.81. The molecule has 0 fully saturated rings. The quantitative estimate of drug-likeness (QED) is 0.791. The zero-order valence-electron chi connectivity index (χ0n) is 9.03.